The van der Waals surface area contributed by atoms with Crippen molar-refractivity contribution in [2.45, 2.75) is 26.4 Å². The number of ether oxygens (including phenoxy) is 2. The van der Waals surface area contributed by atoms with E-state index in [4.69, 9.17) is 14.0 Å². The number of pyridine rings is 1. The van der Waals surface area contributed by atoms with Gasteiger partial charge >= 0.3 is 0 Å². The highest BCUT2D eigenvalue weighted by Crippen LogP contribution is 2.18. The van der Waals surface area contributed by atoms with E-state index in [1.54, 1.807) is 6.20 Å². The van der Waals surface area contributed by atoms with Crippen LogP contribution in [0.3, 0.4) is 0 Å². The molecule has 7 nitrogen and oxygen atoms in total. The van der Waals surface area contributed by atoms with E-state index in [1.165, 1.54) is 0 Å². The van der Waals surface area contributed by atoms with Gasteiger partial charge in [-0.15, -0.1) is 0 Å². The second-order valence-corrected chi connectivity index (χ2v) is 5.99. The van der Waals surface area contributed by atoms with Crippen molar-refractivity contribution < 1.29 is 14.0 Å². The first-order chi connectivity index (χ1) is 11.2. The lowest BCUT2D eigenvalue weighted by Crippen LogP contribution is -2.34. The summed E-state index contributed by atoms with van der Waals surface area (Å²) in [6, 6.07) is 3.81. The highest BCUT2D eigenvalue weighted by molar-refractivity contribution is 5.54. The SMILES string of the molecule is CC(C)Cc1noc(-c2ccc(NCC3COCCO3)nc2)n1. The molecule has 0 radical (unpaired) electrons. The van der Waals surface area contributed by atoms with Crippen LogP contribution >= 0.6 is 0 Å². The topological polar surface area (TPSA) is 82.3 Å². The lowest BCUT2D eigenvalue weighted by molar-refractivity contribution is -0.0819. The fourth-order valence-electron chi connectivity index (χ4n) is 2.32. The number of aromatic nitrogens is 3. The molecule has 1 unspecified atom stereocenters. The van der Waals surface area contributed by atoms with E-state index in [0.717, 1.165) is 23.6 Å². The van der Waals surface area contributed by atoms with Crippen molar-refractivity contribution in [3.8, 4) is 11.5 Å². The van der Waals surface area contributed by atoms with Crippen LogP contribution in [0.1, 0.15) is 19.7 Å². The molecule has 3 rings (SSSR count). The Morgan fingerprint density at radius 1 is 1.30 bits per heavy atom. The molecule has 3 heterocycles. The monoisotopic (exact) mass is 318 g/mol. The van der Waals surface area contributed by atoms with Gasteiger partial charge in [0.15, 0.2) is 5.82 Å². The average molecular weight is 318 g/mol. The van der Waals surface area contributed by atoms with E-state index in [1.807, 2.05) is 12.1 Å². The maximum absolute atomic E-state index is 5.58. The van der Waals surface area contributed by atoms with Gasteiger partial charge in [-0.25, -0.2) is 4.98 Å². The molecule has 124 valence electrons. The molecule has 0 aromatic carbocycles. The zero-order valence-electron chi connectivity index (χ0n) is 13.5. The molecule has 1 atom stereocenters. The first-order valence-corrected chi connectivity index (χ1v) is 7.93. The van der Waals surface area contributed by atoms with Crippen molar-refractivity contribution in [1.29, 1.82) is 0 Å². The van der Waals surface area contributed by atoms with Crippen LogP contribution in [-0.2, 0) is 15.9 Å². The lowest BCUT2D eigenvalue weighted by atomic mass is 10.1. The van der Waals surface area contributed by atoms with Crippen molar-refractivity contribution in [3.05, 3.63) is 24.2 Å². The summed E-state index contributed by atoms with van der Waals surface area (Å²) in [4.78, 5) is 8.77. The highest BCUT2D eigenvalue weighted by Gasteiger charge is 2.14. The molecular formula is C16H22N4O3. The third-order valence-electron chi connectivity index (χ3n) is 3.47. The minimum Gasteiger partial charge on any atom is -0.376 e. The first kappa shape index (κ1) is 15.9. The minimum absolute atomic E-state index is 0.0692. The molecule has 1 aliphatic rings. The van der Waals surface area contributed by atoms with Crippen molar-refractivity contribution in [2.75, 3.05) is 31.7 Å². The maximum Gasteiger partial charge on any atom is 0.259 e. The third-order valence-corrected chi connectivity index (χ3v) is 3.47. The van der Waals surface area contributed by atoms with Crippen LogP contribution in [0.2, 0.25) is 0 Å². The first-order valence-electron chi connectivity index (χ1n) is 7.93. The Bertz CT molecular complexity index is 606. The van der Waals surface area contributed by atoms with E-state index in [0.29, 0.717) is 38.2 Å². The molecule has 0 spiro atoms. The van der Waals surface area contributed by atoms with E-state index >= 15 is 0 Å². The number of hydrogen-bond acceptors (Lipinski definition) is 7. The van der Waals surface area contributed by atoms with Crippen LogP contribution in [0, 0.1) is 5.92 Å². The zero-order valence-corrected chi connectivity index (χ0v) is 13.5. The van der Waals surface area contributed by atoms with Gasteiger partial charge in [0.25, 0.3) is 5.89 Å². The Morgan fingerprint density at radius 3 is 2.91 bits per heavy atom. The normalized spacial score (nSPS) is 18.3. The van der Waals surface area contributed by atoms with Gasteiger partial charge in [0, 0.05) is 19.2 Å². The highest BCUT2D eigenvalue weighted by atomic mass is 16.6. The Balaban J connectivity index is 1.57. The summed E-state index contributed by atoms with van der Waals surface area (Å²) < 4.78 is 16.2. The van der Waals surface area contributed by atoms with Crippen molar-refractivity contribution >= 4 is 5.82 Å². The van der Waals surface area contributed by atoms with Gasteiger partial charge in [-0.05, 0) is 18.1 Å². The zero-order chi connectivity index (χ0) is 16.1. The molecule has 1 aliphatic heterocycles. The molecule has 0 saturated carbocycles. The van der Waals surface area contributed by atoms with E-state index < -0.39 is 0 Å². The standard InChI is InChI=1S/C16H22N4O3/c1-11(2)7-15-19-16(23-20-15)12-3-4-14(17-8-12)18-9-13-10-21-5-6-22-13/h3-4,8,11,13H,5-7,9-10H2,1-2H3,(H,17,18). The quantitative estimate of drug-likeness (QED) is 0.874. The molecule has 7 heteroatoms. The third kappa shape index (κ3) is 4.49. The van der Waals surface area contributed by atoms with Crippen LogP contribution in [0.5, 0.6) is 0 Å². The van der Waals surface area contributed by atoms with Gasteiger partial charge in [0.05, 0.1) is 31.5 Å². The van der Waals surface area contributed by atoms with Crippen molar-refractivity contribution in [2.24, 2.45) is 5.92 Å². The smallest absolute Gasteiger partial charge is 0.259 e. The molecule has 0 bridgehead atoms. The molecule has 0 amide bonds. The van der Waals surface area contributed by atoms with Gasteiger partial charge in [0.1, 0.15) is 5.82 Å². The molecular weight excluding hydrogens is 296 g/mol. The summed E-state index contributed by atoms with van der Waals surface area (Å²) >= 11 is 0. The van der Waals surface area contributed by atoms with Crippen LogP contribution in [0.15, 0.2) is 22.9 Å². The Morgan fingerprint density at radius 2 is 2.22 bits per heavy atom. The average Bonchev–Trinajstić information content (AvgIpc) is 3.02. The number of rotatable bonds is 6. The fourth-order valence-corrected chi connectivity index (χ4v) is 2.32. The van der Waals surface area contributed by atoms with Crippen molar-refractivity contribution in [1.82, 2.24) is 15.1 Å². The number of nitrogens with zero attached hydrogens (tertiary/aromatic N) is 3. The predicted molar refractivity (Wildman–Crippen MR) is 85.1 cm³/mol. The molecule has 23 heavy (non-hydrogen) atoms. The molecule has 2 aromatic heterocycles. The van der Waals surface area contributed by atoms with E-state index in [-0.39, 0.29) is 6.10 Å². The largest absolute Gasteiger partial charge is 0.376 e. The van der Waals surface area contributed by atoms with Crippen LogP contribution in [0.4, 0.5) is 5.82 Å². The van der Waals surface area contributed by atoms with Gasteiger partial charge < -0.3 is 19.3 Å². The maximum atomic E-state index is 5.58. The lowest BCUT2D eigenvalue weighted by Gasteiger charge is -2.23. The summed E-state index contributed by atoms with van der Waals surface area (Å²) in [5, 5.41) is 7.23. The van der Waals surface area contributed by atoms with Crippen LogP contribution in [-0.4, -0.2) is 47.6 Å². The van der Waals surface area contributed by atoms with Gasteiger partial charge in [-0.2, -0.15) is 4.98 Å². The Labute approximate surface area is 135 Å². The molecule has 2 aromatic rings. The summed E-state index contributed by atoms with van der Waals surface area (Å²) in [7, 11) is 0. The van der Waals surface area contributed by atoms with Gasteiger partial charge in [-0.1, -0.05) is 19.0 Å². The predicted octanol–water partition coefficient (Wildman–Crippen LogP) is 2.16. The number of hydrogen-bond donors (Lipinski definition) is 1. The van der Waals surface area contributed by atoms with E-state index in [2.05, 4.69) is 34.3 Å². The molecule has 1 N–H and O–H groups in total. The van der Waals surface area contributed by atoms with Crippen molar-refractivity contribution in [3.63, 3.8) is 0 Å². The van der Waals surface area contributed by atoms with Crippen LogP contribution in [0.25, 0.3) is 11.5 Å². The van der Waals surface area contributed by atoms with Gasteiger partial charge in [0.2, 0.25) is 0 Å². The molecule has 1 fully saturated rings. The Hall–Kier alpha value is -1.99. The number of nitrogens with one attached hydrogen (secondary N) is 1. The summed E-state index contributed by atoms with van der Waals surface area (Å²) in [5.41, 5.74) is 0.815. The molecule has 1 saturated heterocycles. The number of anilines is 1. The van der Waals surface area contributed by atoms with Gasteiger partial charge in [-0.3, -0.25) is 0 Å². The summed E-state index contributed by atoms with van der Waals surface area (Å²) in [6.45, 7) is 6.86. The summed E-state index contributed by atoms with van der Waals surface area (Å²) in [6.07, 6.45) is 2.60. The molecule has 0 aliphatic carbocycles. The second-order valence-electron chi connectivity index (χ2n) is 5.99. The summed E-state index contributed by atoms with van der Waals surface area (Å²) in [5.74, 6) is 2.51. The van der Waals surface area contributed by atoms with Crippen LogP contribution < -0.4 is 5.32 Å². The second kappa shape index (κ2) is 7.52. The minimum atomic E-state index is 0.0692. The van der Waals surface area contributed by atoms with E-state index in [9.17, 15) is 0 Å². The Kier molecular flexibility index (Phi) is 5.19. The fraction of sp³-hybridized carbons (Fsp3) is 0.562.